The molecule has 148 valence electrons. The summed E-state index contributed by atoms with van der Waals surface area (Å²) in [7, 11) is 3.51. The Labute approximate surface area is 162 Å². The van der Waals surface area contributed by atoms with Gasteiger partial charge in [-0.15, -0.1) is 0 Å². The highest BCUT2D eigenvalue weighted by Crippen LogP contribution is 2.29. The first-order valence-electron chi connectivity index (χ1n) is 9.39. The number of nitrogens with one attached hydrogen (secondary N) is 1. The van der Waals surface area contributed by atoms with Crippen molar-refractivity contribution in [3.05, 3.63) is 24.8 Å². The third-order valence-corrected chi connectivity index (χ3v) is 5.43. The lowest BCUT2D eigenvalue weighted by Gasteiger charge is -2.33. The van der Waals surface area contributed by atoms with Gasteiger partial charge in [-0.05, 0) is 31.6 Å². The smallest absolute Gasteiger partial charge is 0.407 e. The Kier molecular flexibility index (Phi) is 4.84. The third-order valence-electron chi connectivity index (χ3n) is 5.43. The van der Waals surface area contributed by atoms with Crippen LogP contribution in [0, 0.1) is 5.92 Å². The molecule has 3 aromatic rings. The SMILES string of the molecule is Cn1cc(Nc2ncc3cnn(C[C@H]4CC[C@H](N(C)C(=O)O)CC4)c3n2)cn1. The van der Waals surface area contributed by atoms with Gasteiger partial charge in [0.05, 0.1) is 23.5 Å². The van der Waals surface area contributed by atoms with E-state index in [1.54, 1.807) is 30.3 Å². The summed E-state index contributed by atoms with van der Waals surface area (Å²) >= 11 is 0. The molecule has 1 amide bonds. The van der Waals surface area contributed by atoms with Gasteiger partial charge in [-0.1, -0.05) is 0 Å². The van der Waals surface area contributed by atoms with E-state index in [1.165, 1.54) is 4.90 Å². The quantitative estimate of drug-likeness (QED) is 0.694. The summed E-state index contributed by atoms with van der Waals surface area (Å²) in [5.74, 6) is 0.972. The highest BCUT2D eigenvalue weighted by Gasteiger charge is 2.27. The zero-order valence-corrected chi connectivity index (χ0v) is 16.0. The molecule has 0 aromatic carbocycles. The molecule has 0 saturated heterocycles. The number of amides is 1. The lowest BCUT2D eigenvalue weighted by molar-refractivity contribution is 0.116. The van der Waals surface area contributed by atoms with Crippen LogP contribution < -0.4 is 5.32 Å². The molecule has 0 atom stereocenters. The van der Waals surface area contributed by atoms with E-state index in [9.17, 15) is 4.79 Å². The van der Waals surface area contributed by atoms with Crippen LogP contribution in [0.3, 0.4) is 0 Å². The number of nitrogens with zero attached hydrogens (tertiary/aromatic N) is 7. The fraction of sp³-hybridized carbons (Fsp3) is 0.500. The first-order valence-corrected chi connectivity index (χ1v) is 9.39. The predicted octanol–water partition coefficient (Wildman–Crippen LogP) is 2.47. The Morgan fingerprint density at radius 3 is 2.71 bits per heavy atom. The van der Waals surface area contributed by atoms with E-state index in [-0.39, 0.29) is 6.04 Å². The molecule has 0 unspecified atom stereocenters. The van der Waals surface area contributed by atoms with Crippen LogP contribution in [0.5, 0.6) is 0 Å². The maximum absolute atomic E-state index is 11.1. The highest BCUT2D eigenvalue weighted by atomic mass is 16.4. The summed E-state index contributed by atoms with van der Waals surface area (Å²) in [5, 5.41) is 21.8. The molecule has 1 fully saturated rings. The number of fused-ring (bicyclic) bond motifs is 1. The molecule has 0 spiro atoms. The van der Waals surface area contributed by atoms with E-state index in [2.05, 4.69) is 25.5 Å². The molecular weight excluding hydrogens is 360 g/mol. The predicted molar refractivity (Wildman–Crippen MR) is 103 cm³/mol. The molecule has 3 heterocycles. The number of aromatic nitrogens is 6. The van der Waals surface area contributed by atoms with E-state index >= 15 is 0 Å². The molecule has 10 heteroatoms. The maximum atomic E-state index is 11.1. The molecular formula is C18H24N8O2. The number of carbonyl (C=O) groups is 1. The minimum absolute atomic E-state index is 0.112. The largest absolute Gasteiger partial charge is 0.465 e. The van der Waals surface area contributed by atoms with Gasteiger partial charge in [-0.3, -0.25) is 4.68 Å². The van der Waals surface area contributed by atoms with Gasteiger partial charge in [0.1, 0.15) is 0 Å². The van der Waals surface area contributed by atoms with Gasteiger partial charge < -0.3 is 15.3 Å². The van der Waals surface area contributed by atoms with Crippen molar-refractivity contribution in [1.29, 1.82) is 0 Å². The first-order chi connectivity index (χ1) is 13.5. The van der Waals surface area contributed by atoms with Gasteiger partial charge in [0.15, 0.2) is 5.65 Å². The van der Waals surface area contributed by atoms with Crippen LogP contribution in [0.1, 0.15) is 25.7 Å². The Morgan fingerprint density at radius 2 is 2.04 bits per heavy atom. The van der Waals surface area contributed by atoms with Gasteiger partial charge in [-0.2, -0.15) is 15.2 Å². The molecule has 1 aliphatic carbocycles. The number of aryl methyl sites for hydroxylation is 1. The van der Waals surface area contributed by atoms with Crippen LogP contribution in [0.15, 0.2) is 24.8 Å². The Hall–Kier alpha value is -3.17. The number of hydrogen-bond donors (Lipinski definition) is 2. The lowest BCUT2D eigenvalue weighted by atomic mass is 9.85. The summed E-state index contributed by atoms with van der Waals surface area (Å²) in [6.45, 7) is 0.774. The summed E-state index contributed by atoms with van der Waals surface area (Å²) in [4.78, 5) is 21.5. The van der Waals surface area contributed by atoms with Crippen molar-refractivity contribution < 1.29 is 9.90 Å². The van der Waals surface area contributed by atoms with E-state index in [1.807, 2.05) is 17.9 Å². The molecule has 0 radical (unpaired) electrons. The molecule has 1 aliphatic rings. The number of hydrogen-bond acceptors (Lipinski definition) is 6. The monoisotopic (exact) mass is 384 g/mol. The highest BCUT2D eigenvalue weighted by molar-refractivity contribution is 5.75. The second-order valence-corrected chi connectivity index (χ2v) is 7.39. The minimum Gasteiger partial charge on any atom is -0.465 e. The average Bonchev–Trinajstić information content (AvgIpc) is 3.28. The molecule has 10 nitrogen and oxygen atoms in total. The lowest BCUT2D eigenvalue weighted by Crippen LogP contribution is -2.39. The van der Waals surface area contributed by atoms with Crippen molar-refractivity contribution in [2.45, 2.75) is 38.3 Å². The molecule has 1 saturated carbocycles. The van der Waals surface area contributed by atoms with Crippen molar-refractivity contribution in [3.8, 4) is 0 Å². The maximum Gasteiger partial charge on any atom is 0.407 e. The minimum atomic E-state index is -0.855. The standard InChI is InChI=1S/C18H24N8O2/c1-24-11-14(9-20-24)22-17-19-7-13-8-21-26(16(13)23-17)10-12-3-5-15(6-4-12)25(2)18(27)28/h7-9,11-12,15H,3-6,10H2,1-2H3,(H,27,28)(H,19,22,23)/t12-,15-. The first kappa shape index (κ1) is 18.2. The van der Waals surface area contributed by atoms with Crippen molar-refractivity contribution >= 4 is 28.8 Å². The van der Waals surface area contributed by atoms with Crippen molar-refractivity contribution in [2.24, 2.45) is 13.0 Å². The van der Waals surface area contributed by atoms with E-state index in [0.29, 0.717) is 11.9 Å². The average molecular weight is 384 g/mol. The van der Waals surface area contributed by atoms with Crippen LogP contribution in [0.25, 0.3) is 11.0 Å². The normalized spacial score (nSPS) is 19.6. The van der Waals surface area contributed by atoms with Gasteiger partial charge in [0.2, 0.25) is 5.95 Å². The fourth-order valence-corrected chi connectivity index (χ4v) is 3.79. The van der Waals surface area contributed by atoms with Crippen LogP contribution in [-0.4, -0.2) is 58.7 Å². The van der Waals surface area contributed by atoms with E-state index in [4.69, 9.17) is 5.11 Å². The Morgan fingerprint density at radius 1 is 1.25 bits per heavy atom. The van der Waals surface area contributed by atoms with Gasteiger partial charge >= 0.3 is 6.09 Å². The third kappa shape index (κ3) is 3.75. The van der Waals surface area contributed by atoms with Gasteiger partial charge in [0, 0.05) is 39.1 Å². The summed E-state index contributed by atoms with van der Waals surface area (Å²) in [6.07, 6.45) is 10.0. The number of rotatable bonds is 5. The molecule has 28 heavy (non-hydrogen) atoms. The summed E-state index contributed by atoms with van der Waals surface area (Å²) in [5.41, 5.74) is 1.62. The zero-order chi connectivity index (χ0) is 19.7. The molecule has 0 bridgehead atoms. The summed E-state index contributed by atoms with van der Waals surface area (Å²) < 4.78 is 3.64. The van der Waals surface area contributed by atoms with Crippen LogP contribution in [-0.2, 0) is 13.6 Å². The number of carboxylic acid groups (broad SMARTS) is 1. The van der Waals surface area contributed by atoms with Crippen molar-refractivity contribution in [3.63, 3.8) is 0 Å². The van der Waals surface area contributed by atoms with Crippen molar-refractivity contribution in [2.75, 3.05) is 12.4 Å². The van der Waals surface area contributed by atoms with Crippen LogP contribution in [0.4, 0.5) is 16.4 Å². The fourth-order valence-electron chi connectivity index (χ4n) is 3.79. The molecule has 2 N–H and O–H groups in total. The second-order valence-electron chi connectivity index (χ2n) is 7.39. The Balaban J connectivity index is 1.44. The molecule has 4 rings (SSSR count). The van der Waals surface area contributed by atoms with E-state index in [0.717, 1.165) is 48.9 Å². The Bertz CT molecular complexity index is 973. The van der Waals surface area contributed by atoms with Crippen LogP contribution in [0.2, 0.25) is 0 Å². The molecule has 0 aliphatic heterocycles. The summed E-state index contributed by atoms with van der Waals surface area (Å²) in [6, 6.07) is 0.112. The van der Waals surface area contributed by atoms with Crippen molar-refractivity contribution in [1.82, 2.24) is 34.4 Å². The topological polar surface area (TPSA) is 114 Å². The van der Waals surface area contributed by atoms with E-state index < -0.39 is 6.09 Å². The van der Waals surface area contributed by atoms with Gasteiger partial charge in [-0.25, -0.2) is 14.5 Å². The zero-order valence-electron chi connectivity index (χ0n) is 16.0. The molecule has 3 aromatic heterocycles. The van der Waals surface area contributed by atoms with Gasteiger partial charge in [0.25, 0.3) is 0 Å². The second kappa shape index (κ2) is 7.45. The van der Waals surface area contributed by atoms with Crippen LogP contribution >= 0.6 is 0 Å². The number of anilines is 2.